The number of carboxylic acids is 1. The van der Waals surface area contributed by atoms with Crippen molar-refractivity contribution in [2.24, 2.45) is 0 Å². The molecule has 5 heteroatoms. The van der Waals surface area contributed by atoms with E-state index >= 15 is 0 Å². The Hall–Kier alpha value is -1.52. The Bertz CT molecular complexity index is 643. The minimum absolute atomic E-state index is 0.148. The first-order valence-electron chi connectivity index (χ1n) is 5.53. The van der Waals surface area contributed by atoms with Gasteiger partial charge in [-0.25, -0.2) is 4.79 Å². The van der Waals surface area contributed by atoms with Crippen LogP contribution in [0.25, 0.3) is 0 Å². The molecule has 19 heavy (non-hydrogen) atoms. The number of aryl methyl sites for hydroxylation is 1. The van der Waals surface area contributed by atoms with Crippen LogP contribution in [0.3, 0.4) is 0 Å². The maximum Gasteiger partial charge on any atom is 0.337 e. The highest BCUT2D eigenvalue weighted by Gasteiger charge is 2.11. The molecule has 0 saturated heterocycles. The summed E-state index contributed by atoms with van der Waals surface area (Å²) in [5, 5.41) is 12.7. The van der Waals surface area contributed by atoms with E-state index < -0.39 is 5.97 Å². The molecule has 2 N–H and O–H groups in total. The minimum atomic E-state index is -1.01. The van der Waals surface area contributed by atoms with E-state index in [9.17, 15) is 9.90 Å². The van der Waals surface area contributed by atoms with Crippen molar-refractivity contribution in [1.82, 2.24) is 0 Å². The minimum Gasteiger partial charge on any atom is -0.478 e. The summed E-state index contributed by atoms with van der Waals surface area (Å²) in [7, 11) is 0. The summed E-state index contributed by atoms with van der Waals surface area (Å²) in [5.74, 6) is -1.01. The largest absolute Gasteiger partial charge is 0.478 e. The van der Waals surface area contributed by atoms with Crippen LogP contribution in [0.15, 0.2) is 40.9 Å². The number of benzene rings is 2. The van der Waals surface area contributed by atoms with Gasteiger partial charge in [0.1, 0.15) is 0 Å². The summed E-state index contributed by atoms with van der Waals surface area (Å²) in [5.41, 5.74) is 2.53. The average molecular weight is 341 g/mol. The van der Waals surface area contributed by atoms with Crippen molar-refractivity contribution in [3.63, 3.8) is 0 Å². The Morgan fingerprint density at radius 3 is 2.53 bits per heavy atom. The molecular weight excluding hydrogens is 330 g/mol. The summed E-state index contributed by atoms with van der Waals surface area (Å²) in [4.78, 5) is 11.2. The molecule has 2 rings (SSSR count). The topological polar surface area (TPSA) is 49.3 Å². The molecular formula is C14H11BrClNO2. The Balaban J connectivity index is 2.40. The second-order valence-corrected chi connectivity index (χ2v) is 5.43. The van der Waals surface area contributed by atoms with E-state index in [0.717, 1.165) is 15.7 Å². The van der Waals surface area contributed by atoms with Gasteiger partial charge in [-0.2, -0.15) is 0 Å². The van der Waals surface area contributed by atoms with Crippen molar-refractivity contribution in [2.75, 3.05) is 5.32 Å². The van der Waals surface area contributed by atoms with Crippen LogP contribution in [-0.4, -0.2) is 11.1 Å². The van der Waals surface area contributed by atoms with Gasteiger partial charge in [0.25, 0.3) is 0 Å². The SMILES string of the molecule is Cc1cc(Br)ccc1Nc1ccc(Cl)cc1C(=O)O. The zero-order chi connectivity index (χ0) is 14.0. The van der Waals surface area contributed by atoms with Gasteiger partial charge in [0, 0.05) is 15.2 Å². The first-order chi connectivity index (χ1) is 8.97. The van der Waals surface area contributed by atoms with Gasteiger partial charge in [-0.05, 0) is 48.9 Å². The predicted molar refractivity (Wildman–Crippen MR) is 80.6 cm³/mol. The molecule has 0 saturated carbocycles. The molecule has 0 atom stereocenters. The molecule has 0 bridgehead atoms. The monoisotopic (exact) mass is 339 g/mol. The van der Waals surface area contributed by atoms with Gasteiger partial charge in [0.05, 0.1) is 11.3 Å². The molecule has 2 aromatic rings. The Morgan fingerprint density at radius 1 is 1.21 bits per heavy atom. The third kappa shape index (κ3) is 3.28. The summed E-state index contributed by atoms with van der Waals surface area (Å²) >= 11 is 9.21. The van der Waals surface area contributed by atoms with Crippen LogP contribution in [0.4, 0.5) is 11.4 Å². The van der Waals surface area contributed by atoms with Crippen LogP contribution in [0.1, 0.15) is 15.9 Å². The van der Waals surface area contributed by atoms with E-state index in [0.29, 0.717) is 10.7 Å². The lowest BCUT2D eigenvalue weighted by Gasteiger charge is -2.12. The molecule has 2 aromatic carbocycles. The quantitative estimate of drug-likeness (QED) is 0.839. The van der Waals surface area contributed by atoms with Gasteiger partial charge in [-0.1, -0.05) is 27.5 Å². The van der Waals surface area contributed by atoms with Gasteiger partial charge in [-0.3, -0.25) is 0 Å². The van der Waals surface area contributed by atoms with Crippen molar-refractivity contribution in [1.29, 1.82) is 0 Å². The van der Waals surface area contributed by atoms with Crippen molar-refractivity contribution >= 4 is 44.9 Å². The molecule has 0 aliphatic rings. The maximum absolute atomic E-state index is 11.2. The van der Waals surface area contributed by atoms with Crippen LogP contribution in [-0.2, 0) is 0 Å². The molecule has 98 valence electrons. The summed E-state index contributed by atoms with van der Waals surface area (Å²) < 4.78 is 0.977. The normalized spacial score (nSPS) is 10.3. The molecule has 0 fully saturated rings. The van der Waals surface area contributed by atoms with E-state index in [1.165, 1.54) is 6.07 Å². The molecule has 3 nitrogen and oxygen atoms in total. The highest BCUT2D eigenvalue weighted by Crippen LogP contribution is 2.27. The number of aromatic carboxylic acids is 1. The fraction of sp³-hybridized carbons (Fsp3) is 0.0714. The van der Waals surface area contributed by atoms with Crippen LogP contribution in [0.5, 0.6) is 0 Å². The fourth-order valence-electron chi connectivity index (χ4n) is 1.71. The van der Waals surface area contributed by atoms with E-state index in [-0.39, 0.29) is 5.56 Å². The standard InChI is InChI=1S/C14H11BrClNO2/c1-8-6-9(15)2-4-12(8)17-13-5-3-10(16)7-11(13)14(18)19/h2-7,17H,1H3,(H,18,19). The van der Waals surface area contributed by atoms with Crippen LogP contribution < -0.4 is 5.32 Å². The molecule has 0 radical (unpaired) electrons. The van der Waals surface area contributed by atoms with E-state index in [4.69, 9.17) is 11.6 Å². The van der Waals surface area contributed by atoms with Gasteiger partial charge < -0.3 is 10.4 Å². The maximum atomic E-state index is 11.2. The number of hydrogen-bond acceptors (Lipinski definition) is 2. The summed E-state index contributed by atoms with van der Waals surface area (Å²) in [6.07, 6.45) is 0. The van der Waals surface area contributed by atoms with E-state index in [2.05, 4.69) is 21.2 Å². The first kappa shape index (κ1) is 13.9. The van der Waals surface area contributed by atoms with E-state index in [1.54, 1.807) is 12.1 Å². The molecule has 0 aliphatic carbocycles. The fourth-order valence-corrected chi connectivity index (χ4v) is 2.36. The van der Waals surface area contributed by atoms with Gasteiger partial charge >= 0.3 is 5.97 Å². The average Bonchev–Trinajstić information content (AvgIpc) is 2.34. The van der Waals surface area contributed by atoms with Crippen LogP contribution in [0, 0.1) is 6.92 Å². The van der Waals surface area contributed by atoms with Gasteiger partial charge in [0.15, 0.2) is 0 Å². The third-order valence-electron chi connectivity index (χ3n) is 2.67. The Kier molecular flexibility index (Phi) is 4.12. The van der Waals surface area contributed by atoms with Crippen LogP contribution >= 0.6 is 27.5 Å². The summed E-state index contributed by atoms with van der Waals surface area (Å²) in [6, 6.07) is 10.5. The lowest BCUT2D eigenvalue weighted by atomic mass is 10.1. The Labute approximate surface area is 124 Å². The molecule has 0 spiro atoms. The van der Waals surface area contributed by atoms with Crippen molar-refractivity contribution in [2.45, 2.75) is 6.92 Å². The summed E-state index contributed by atoms with van der Waals surface area (Å²) in [6.45, 7) is 1.95. The van der Waals surface area contributed by atoms with Crippen LogP contribution in [0.2, 0.25) is 5.02 Å². The lowest BCUT2D eigenvalue weighted by Crippen LogP contribution is -2.03. The van der Waals surface area contributed by atoms with Crippen molar-refractivity contribution < 1.29 is 9.90 Å². The number of hydrogen-bond donors (Lipinski definition) is 2. The molecule has 0 aromatic heterocycles. The number of nitrogens with one attached hydrogen (secondary N) is 1. The second-order valence-electron chi connectivity index (χ2n) is 4.08. The van der Waals surface area contributed by atoms with Gasteiger partial charge in [0.2, 0.25) is 0 Å². The molecule has 0 amide bonds. The van der Waals surface area contributed by atoms with Gasteiger partial charge in [-0.15, -0.1) is 0 Å². The molecule has 0 unspecified atom stereocenters. The third-order valence-corrected chi connectivity index (χ3v) is 3.40. The molecule has 0 heterocycles. The smallest absolute Gasteiger partial charge is 0.337 e. The zero-order valence-corrected chi connectivity index (χ0v) is 12.4. The predicted octanol–water partition coefficient (Wildman–Crippen LogP) is 4.85. The highest BCUT2D eigenvalue weighted by atomic mass is 79.9. The lowest BCUT2D eigenvalue weighted by molar-refractivity contribution is 0.0698. The van der Waals surface area contributed by atoms with E-state index in [1.807, 2.05) is 25.1 Å². The second kappa shape index (κ2) is 5.63. The first-order valence-corrected chi connectivity index (χ1v) is 6.70. The number of rotatable bonds is 3. The number of carboxylic acid groups (broad SMARTS) is 1. The molecule has 0 aliphatic heterocycles. The highest BCUT2D eigenvalue weighted by molar-refractivity contribution is 9.10. The Morgan fingerprint density at radius 2 is 1.89 bits per heavy atom. The van der Waals surface area contributed by atoms with Crippen molar-refractivity contribution in [3.05, 3.63) is 57.0 Å². The number of halogens is 2. The van der Waals surface area contributed by atoms with Crippen molar-refractivity contribution in [3.8, 4) is 0 Å². The number of carbonyl (C=O) groups is 1. The number of anilines is 2. The zero-order valence-electron chi connectivity index (χ0n) is 10.1.